The first-order valence-electron chi connectivity index (χ1n) is 5.22. The van der Waals surface area contributed by atoms with Gasteiger partial charge in [-0.1, -0.05) is 0 Å². The molecule has 90 valence electrons. The molecule has 1 aromatic carbocycles. The summed E-state index contributed by atoms with van der Waals surface area (Å²) in [5, 5.41) is 9.34. The number of nitrogens with two attached hydrogens (primary N) is 1. The van der Waals surface area contributed by atoms with Crippen molar-refractivity contribution >= 4 is 16.9 Å². The fourth-order valence-electron chi connectivity index (χ4n) is 1.80. The molecule has 0 spiro atoms. The van der Waals surface area contributed by atoms with Gasteiger partial charge in [-0.3, -0.25) is 4.79 Å². The lowest BCUT2D eigenvalue weighted by Gasteiger charge is -2.12. The Balaban J connectivity index is 2.35. The summed E-state index contributed by atoms with van der Waals surface area (Å²) in [7, 11) is 0. The van der Waals surface area contributed by atoms with E-state index in [0.29, 0.717) is 5.58 Å². The van der Waals surface area contributed by atoms with Crippen molar-refractivity contribution in [2.45, 2.75) is 18.9 Å². The summed E-state index contributed by atoms with van der Waals surface area (Å²) in [6, 6.07) is 3.94. The lowest BCUT2D eigenvalue weighted by molar-refractivity contribution is -0.137. The molecule has 0 bridgehead atoms. The van der Waals surface area contributed by atoms with Crippen LogP contribution >= 0.6 is 0 Å². The fourth-order valence-corrected chi connectivity index (χ4v) is 1.80. The van der Waals surface area contributed by atoms with Crippen LogP contribution in [0.5, 0.6) is 0 Å². The molecule has 0 aliphatic heterocycles. The minimum Gasteiger partial charge on any atom is -0.481 e. The Labute approximate surface area is 96.8 Å². The standard InChI is InChI=1S/C12H12FNO3/c13-8-2-1-7-5-6-17-12(7)11(8)9(14)3-4-10(15)16/h1-2,5-6,9H,3-4,14H2,(H,15,16). The largest absolute Gasteiger partial charge is 0.481 e. The van der Waals surface area contributed by atoms with E-state index in [4.69, 9.17) is 15.3 Å². The van der Waals surface area contributed by atoms with Crippen LogP contribution in [0.2, 0.25) is 0 Å². The average molecular weight is 237 g/mol. The van der Waals surface area contributed by atoms with Gasteiger partial charge in [-0.15, -0.1) is 0 Å². The van der Waals surface area contributed by atoms with Crippen molar-refractivity contribution in [1.29, 1.82) is 0 Å². The molecular weight excluding hydrogens is 225 g/mol. The van der Waals surface area contributed by atoms with E-state index in [1.165, 1.54) is 12.3 Å². The van der Waals surface area contributed by atoms with Gasteiger partial charge in [0.1, 0.15) is 11.4 Å². The molecule has 0 aliphatic carbocycles. The van der Waals surface area contributed by atoms with Gasteiger partial charge in [-0.25, -0.2) is 4.39 Å². The van der Waals surface area contributed by atoms with Gasteiger partial charge >= 0.3 is 5.97 Å². The number of furan rings is 1. The highest BCUT2D eigenvalue weighted by molar-refractivity contribution is 5.81. The van der Waals surface area contributed by atoms with Crippen LogP contribution in [0.1, 0.15) is 24.4 Å². The van der Waals surface area contributed by atoms with Gasteiger partial charge in [-0.05, 0) is 24.6 Å². The van der Waals surface area contributed by atoms with Crippen LogP contribution in [-0.4, -0.2) is 11.1 Å². The number of halogens is 1. The van der Waals surface area contributed by atoms with Crippen LogP contribution in [0.4, 0.5) is 4.39 Å². The van der Waals surface area contributed by atoms with E-state index in [0.717, 1.165) is 5.39 Å². The maximum absolute atomic E-state index is 13.7. The van der Waals surface area contributed by atoms with Gasteiger partial charge in [0.05, 0.1) is 6.26 Å². The Morgan fingerprint density at radius 1 is 1.47 bits per heavy atom. The normalized spacial score (nSPS) is 12.8. The van der Waals surface area contributed by atoms with E-state index in [9.17, 15) is 9.18 Å². The smallest absolute Gasteiger partial charge is 0.303 e. The van der Waals surface area contributed by atoms with E-state index in [1.54, 1.807) is 12.1 Å². The molecule has 0 fully saturated rings. The summed E-state index contributed by atoms with van der Waals surface area (Å²) in [4.78, 5) is 10.5. The number of carbonyl (C=O) groups is 1. The highest BCUT2D eigenvalue weighted by atomic mass is 19.1. The Morgan fingerprint density at radius 2 is 2.24 bits per heavy atom. The Morgan fingerprint density at radius 3 is 2.94 bits per heavy atom. The van der Waals surface area contributed by atoms with Crippen LogP contribution in [-0.2, 0) is 4.79 Å². The molecule has 1 heterocycles. The number of carboxylic acids is 1. The predicted molar refractivity (Wildman–Crippen MR) is 60.0 cm³/mol. The summed E-state index contributed by atoms with van der Waals surface area (Å²) >= 11 is 0. The molecule has 3 N–H and O–H groups in total. The predicted octanol–water partition coefficient (Wildman–Crippen LogP) is 2.44. The van der Waals surface area contributed by atoms with Crippen LogP contribution in [0, 0.1) is 5.82 Å². The van der Waals surface area contributed by atoms with Crippen LogP contribution in [0.25, 0.3) is 11.0 Å². The van der Waals surface area contributed by atoms with E-state index >= 15 is 0 Å². The summed E-state index contributed by atoms with van der Waals surface area (Å²) in [6.07, 6.45) is 1.53. The van der Waals surface area contributed by atoms with Gasteiger partial charge in [0.25, 0.3) is 0 Å². The van der Waals surface area contributed by atoms with Crippen molar-refractivity contribution in [3.8, 4) is 0 Å². The molecule has 1 atom stereocenters. The summed E-state index contributed by atoms with van der Waals surface area (Å²) in [5.74, 6) is -1.42. The molecule has 4 nitrogen and oxygen atoms in total. The second-order valence-electron chi connectivity index (χ2n) is 3.84. The quantitative estimate of drug-likeness (QED) is 0.856. The number of carboxylic acid groups (broad SMARTS) is 1. The van der Waals surface area contributed by atoms with Crippen molar-refractivity contribution in [2.24, 2.45) is 5.73 Å². The van der Waals surface area contributed by atoms with Gasteiger partial charge in [0.2, 0.25) is 0 Å². The maximum atomic E-state index is 13.7. The van der Waals surface area contributed by atoms with Crippen molar-refractivity contribution in [2.75, 3.05) is 0 Å². The minimum atomic E-state index is -0.951. The molecule has 2 aromatic rings. The highest BCUT2D eigenvalue weighted by Crippen LogP contribution is 2.28. The minimum absolute atomic E-state index is 0.0995. The number of rotatable bonds is 4. The van der Waals surface area contributed by atoms with Gasteiger partial charge in [0.15, 0.2) is 0 Å². The monoisotopic (exact) mass is 237 g/mol. The van der Waals surface area contributed by atoms with E-state index in [1.807, 2.05) is 0 Å². The molecular formula is C12H12FNO3. The van der Waals surface area contributed by atoms with Gasteiger partial charge in [-0.2, -0.15) is 0 Å². The molecule has 1 aromatic heterocycles. The number of hydrogen-bond donors (Lipinski definition) is 2. The molecule has 0 radical (unpaired) electrons. The number of hydrogen-bond acceptors (Lipinski definition) is 3. The average Bonchev–Trinajstić information content (AvgIpc) is 2.73. The Kier molecular flexibility index (Phi) is 3.10. The van der Waals surface area contributed by atoms with Gasteiger partial charge < -0.3 is 15.3 Å². The molecule has 0 saturated heterocycles. The van der Waals surface area contributed by atoms with Crippen LogP contribution in [0.15, 0.2) is 28.9 Å². The third-order valence-corrected chi connectivity index (χ3v) is 2.65. The summed E-state index contributed by atoms with van der Waals surface area (Å²) in [6.45, 7) is 0. The Bertz CT molecular complexity index is 550. The zero-order valence-corrected chi connectivity index (χ0v) is 9.02. The molecule has 17 heavy (non-hydrogen) atoms. The molecule has 0 aliphatic rings. The SMILES string of the molecule is NC(CCC(=O)O)c1c(F)ccc2ccoc12. The molecule has 0 saturated carbocycles. The molecule has 0 amide bonds. The second-order valence-corrected chi connectivity index (χ2v) is 3.84. The topological polar surface area (TPSA) is 76.5 Å². The zero-order valence-electron chi connectivity index (χ0n) is 9.02. The maximum Gasteiger partial charge on any atom is 0.303 e. The van der Waals surface area contributed by atoms with Crippen molar-refractivity contribution in [3.05, 3.63) is 35.8 Å². The molecule has 1 unspecified atom stereocenters. The third kappa shape index (κ3) is 2.29. The fraction of sp³-hybridized carbons (Fsp3) is 0.250. The Hall–Kier alpha value is -1.88. The third-order valence-electron chi connectivity index (χ3n) is 2.65. The first-order valence-corrected chi connectivity index (χ1v) is 5.22. The van der Waals surface area contributed by atoms with E-state index in [-0.39, 0.29) is 18.4 Å². The lowest BCUT2D eigenvalue weighted by Crippen LogP contribution is -2.14. The van der Waals surface area contributed by atoms with E-state index < -0.39 is 17.8 Å². The van der Waals surface area contributed by atoms with Crippen molar-refractivity contribution < 1.29 is 18.7 Å². The van der Waals surface area contributed by atoms with E-state index in [2.05, 4.69) is 0 Å². The van der Waals surface area contributed by atoms with Crippen molar-refractivity contribution in [3.63, 3.8) is 0 Å². The number of fused-ring (bicyclic) bond motifs is 1. The number of benzene rings is 1. The summed E-state index contributed by atoms with van der Waals surface area (Å²) < 4.78 is 18.9. The first kappa shape index (κ1) is 11.6. The first-order chi connectivity index (χ1) is 8.09. The summed E-state index contributed by atoms with van der Waals surface area (Å²) in [5.41, 5.74) is 6.44. The second kappa shape index (κ2) is 4.55. The molecule has 5 heteroatoms. The van der Waals surface area contributed by atoms with Gasteiger partial charge in [0, 0.05) is 23.4 Å². The van der Waals surface area contributed by atoms with Crippen LogP contribution < -0.4 is 5.73 Å². The van der Waals surface area contributed by atoms with Crippen LogP contribution in [0.3, 0.4) is 0 Å². The highest BCUT2D eigenvalue weighted by Gasteiger charge is 2.18. The molecule has 2 rings (SSSR count). The van der Waals surface area contributed by atoms with Crippen molar-refractivity contribution in [1.82, 2.24) is 0 Å². The zero-order chi connectivity index (χ0) is 12.4. The number of aliphatic carboxylic acids is 1. The lowest BCUT2D eigenvalue weighted by atomic mass is 10.0.